The van der Waals surface area contributed by atoms with Crippen molar-refractivity contribution in [3.63, 3.8) is 0 Å². The van der Waals surface area contributed by atoms with Crippen LogP contribution in [0, 0.1) is 19.7 Å². The normalized spacial score (nSPS) is 11.1. The predicted octanol–water partition coefficient (Wildman–Crippen LogP) is 5.52. The Morgan fingerprint density at radius 3 is 2.59 bits per heavy atom. The van der Waals surface area contributed by atoms with E-state index in [1.54, 1.807) is 24.5 Å². The highest BCUT2D eigenvalue weighted by Crippen LogP contribution is 2.34. The van der Waals surface area contributed by atoms with Gasteiger partial charge in [0.15, 0.2) is 0 Å². The van der Waals surface area contributed by atoms with Crippen LogP contribution in [0.5, 0.6) is 5.75 Å². The number of halogens is 1. The van der Waals surface area contributed by atoms with Crippen molar-refractivity contribution in [3.05, 3.63) is 88.4 Å². The van der Waals surface area contributed by atoms with E-state index in [0.29, 0.717) is 33.6 Å². The quantitative estimate of drug-likeness (QED) is 0.401. The first-order valence-electron chi connectivity index (χ1n) is 10.3. The maximum absolute atomic E-state index is 15.0. The van der Waals surface area contributed by atoms with Gasteiger partial charge in [-0.3, -0.25) is 4.79 Å². The van der Waals surface area contributed by atoms with E-state index in [-0.39, 0.29) is 25.4 Å². The molecule has 0 atom stereocenters. The Bertz CT molecular complexity index is 1310. The molecule has 1 aromatic heterocycles. The summed E-state index contributed by atoms with van der Waals surface area (Å²) in [5.41, 5.74) is 11.2. The van der Waals surface area contributed by atoms with Gasteiger partial charge in [-0.05, 0) is 54.8 Å². The van der Waals surface area contributed by atoms with Gasteiger partial charge >= 0.3 is 5.97 Å². The summed E-state index contributed by atoms with van der Waals surface area (Å²) in [5.74, 6) is -0.764. The van der Waals surface area contributed by atoms with Gasteiger partial charge < -0.3 is 20.0 Å². The van der Waals surface area contributed by atoms with Crippen LogP contribution in [-0.2, 0) is 24.4 Å². The second-order valence-electron chi connectivity index (χ2n) is 7.87. The lowest BCUT2D eigenvalue weighted by atomic mass is 9.98. The Morgan fingerprint density at radius 2 is 1.84 bits per heavy atom. The van der Waals surface area contributed by atoms with E-state index < -0.39 is 5.97 Å². The third-order valence-electron chi connectivity index (χ3n) is 5.61. The Kier molecular flexibility index (Phi) is 5.97. The second-order valence-corrected chi connectivity index (χ2v) is 7.87. The van der Waals surface area contributed by atoms with E-state index in [9.17, 15) is 9.90 Å². The highest BCUT2D eigenvalue weighted by Gasteiger charge is 2.16. The van der Waals surface area contributed by atoms with E-state index in [2.05, 4.69) is 0 Å². The molecule has 0 aliphatic carbocycles. The number of benzene rings is 3. The number of carboxylic acids is 1. The van der Waals surface area contributed by atoms with Crippen molar-refractivity contribution in [3.8, 4) is 16.9 Å². The maximum Gasteiger partial charge on any atom is 0.307 e. The monoisotopic (exact) mass is 433 g/mol. The van der Waals surface area contributed by atoms with Crippen LogP contribution in [-0.4, -0.2) is 11.1 Å². The zero-order chi connectivity index (χ0) is 22.8. The zero-order valence-electron chi connectivity index (χ0n) is 17.9. The number of carbonyl (C=O) groups is 1. The van der Waals surface area contributed by atoms with E-state index in [1.165, 1.54) is 0 Å². The Labute approximate surface area is 185 Å². The number of hydrogen-bond donors (Lipinski definition) is 2. The number of carboxylic acid groups (broad SMARTS) is 1. The minimum Gasteiger partial charge on any atom is -0.489 e. The molecule has 0 saturated carbocycles. The first-order chi connectivity index (χ1) is 15.4. The standard InChI is InChI=1S/C26H24FNO4/c1-15-8-20(12-24(29)30)23(9-16(15)2)32-14-17-10-18-6-7-31-26(18)22(11-17)21-5-3-4-19(13-28)25(21)27/h3-11H,12-14,28H2,1-2H3,(H,29,30). The fourth-order valence-electron chi connectivity index (χ4n) is 3.82. The third-order valence-corrected chi connectivity index (χ3v) is 5.61. The summed E-state index contributed by atoms with van der Waals surface area (Å²) in [6.45, 7) is 4.19. The molecular formula is C26H24FNO4. The van der Waals surface area contributed by atoms with Crippen LogP contribution in [0.4, 0.5) is 4.39 Å². The molecule has 0 fully saturated rings. The summed E-state index contributed by atoms with van der Waals surface area (Å²) in [6.07, 6.45) is 1.44. The lowest BCUT2D eigenvalue weighted by Crippen LogP contribution is -2.06. The number of furan rings is 1. The number of rotatable bonds is 7. The largest absolute Gasteiger partial charge is 0.489 e. The lowest BCUT2D eigenvalue weighted by molar-refractivity contribution is -0.136. The predicted molar refractivity (Wildman–Crippen MR) is 121 cm³/mol. The summed E-state index contributed by atoms with van der Waals surface area (Å²) in [6, 6.07) is 14.4. The van der Waals surface area contributed by atoms with Crippen molar-refractivity contribution in [2.45, 2.75) is 33.4 Å². The van der Waals surface area contributed by atoms with Crippen LogP contribution < -0.4 is 10.5 Å². The smallest absolute Gasteiger partial charge is 0.307 e. The first-order valence-corrected chi connectivity index (χ1v) is 10.3. The van der Waals surface area contributed by atoms with Gasteiger partial charge in [0.1, 0.15) is 23.8 Å². The van der Waals surface area contributed by atoms with E-state index in [4.69, 9.17) is 14.9 Å². The molecule has 164 valence electrons. The fourth-order valence-corrected chi connectivity index (χ4v) is 3.82. The summed E-state index contributed by atoms with van der Waals surface area (Å²) in [4.78, 5) is 11.3. The molecule has 6 heteroatoms. The van der Waals surface area contributed by atoms with E-state index in [1.807, 2.05) is 44.2 Å². The molecule has 5 nitrogen and oxygen atoms in total. The molecular weight excluding hydrogens is 409 g/mol. The van der Waals surface area contributed by atoms with Gasteiger partial charge in [-0.25, -0.2) is 4.39 Å². The molecule has 0 aliphatic rings. The third kappa shape index (κ3) is 4.22. The van der Waals surface area contributed by atoms with Gasteiger partial charge in [0.2, 0.25) is 0 Å². The zero-order valence-corrected chi connectivity index (χ0v) is 17.9. The van der Waals surface area contributed by atoms with Crippen LogP contribution in [0.15, 0.2) is 59.2 Å². The van der Waals surface area contributed by atoms with Crippen molar-refractivity contribution in [2.24, 2.45) is 5.73 Å². The minimum atomic E-state index is -0.921. The number of aryl methyl sites for hydroxylation is 2. The molecule has 0 radical (unpaired) electrons. The van der Waals surface area contributed by atoms with Gasteiger partial charge in [-0.2, -0.15) is 0 Å². The molecule has 1 heterocycles. The Balaban J connectivity index is 1.72. The van der Waals surface area contributed by atoms with Crippen LogP contribution in [0.2, 0.25) is 0 Å². The van der Waals surface area contributed by atoms with Crippen LogP contribution in [0.1, 0.15) is 27.8 Å². The second kappa shape index (κ2) is 8.85. The average Bonchev–Trinajstić information content (AvgIpc) is 3.23. The Morgan fingerprint density at radius 1 is 1.06 bits per heavy atom. The molecule has 3 N–H and O–H groups in total. The van der Waals surface area contributed by atoms with Crippen molar-refractivity contribution < 1.29 is 23.4 Å². The van der Waals surface area contributed by atoms with E-state index in [0.717, 1.165) is 22.1 Å². The highest BCUT2D eigenvalue weighted by molar-refractivity contribution is 5.93. The molecule has 32 heavy (non-hydrogen) atoms. The highest BCUT2D eigenvalue weighted by atomic mass is 19.1. The average molecular weight is 433 g/mol. The van der Waals surface area contributed by atoms with Crippen LogP contribution in [0.3, 0.4) is 0 Å². The summed E-state index contributed by atoms with van der Waals surface area (Å²) < 4.78 is 26.7. The fraction of sp³-hybridized carbons (Fsp3) is 0.192. The van der Waals surface area contributed by atoms with Crippen molar-refractivity contribution in [1.29, 1.82) is 0 Å². The number of nitrogens with two attached hydrogens (primary N) is 1. The van der Waals surface area contributed by atoms with Gasteiger partial charge in [0.05, 0.1) is 12.7 Å². The van der Waals surface area contributed by atoms with Gasteiger partial charge in [-0.15, -0.1) is 0 Å². The molecule has 4 aromatic rings. The Hall–Kier alpha value is -3.64. The van der Waals surface area contributed by atoms with Crippen LogP contribution in [0.25, 0.3) is 22.1 Å². The van der Waals surface area contributed by atoms with Gasteiger partial charge in [0, 0.05) is 34.2 Å². The maximum atomic E-state index is 15.0. The summed E-state index contributed by atoms with van der Waals surface area (Å²) in [7, 11) is 0. The van der Waals surface area contributed by atoms with Crippen molar-refractivity contribution >= 4 is 16.9 Å². The number of ether oxygens (including phenoxy) is 1. The lowest BCUT2D eigenvalue weighted by Gasteiger charge is -2.15. The molecule has 0 spiro atoms. The topological polar surface area (TPSA) is 85.7 Å². The molecule has 0 bridgehead atoms. The molecule has 0 unspecified atom stereocenters. The molecule has 4 rings (SSSR count). The summed E-state index contributed by atoms with van der Waals surface area (Å²) in [5, 5.41) is 10.1. The van der Waals surface area contributed by atoms with Gasteiger partial charge in [0.25, 0.3) is 0 Å². The molecule has 3 aromatic carbocycles. The minimum absolute atomic E-state index is 0.100. The van der Waals surface area contributed by atoms with Crippen LogP contribution >= 0.6 is 0 Å². The molecule has 0 amide bonds. The first kappa shape index (κ1) is 21.6. The van der Waals surface area contributed by atoms with E-state index >= 15 is 4.39 Å². The number of hydrogen-bond acceptors (Lipinski definition) is 4. The SMILES string of the molecule is Cc1cc(CC(=O)O)c(OCc2cc(-c3cccc(CN)c3F)c3occc3c2)cc1C. The molecule has 0 aliphatic heterocycles. The van der Waals surface area contributed by atoms with Crippen molar-refractivity contribution in [2.75, 3.05) is 0 Å². The summed E-state index contributed by atoms with van der Waals surface area (Å²) >= 11 is 0. The number of aliphatic carboxylic acids is 1. The van der Waals surface area contributed by atoms with Gasteiger partial charge in [-0.1, -0.05) is 24.3 Å². The van der Waals surface area contributed by atoms with Crippen molar-refractivity contribution in [1.82, 2.24) is 0 Å². The number of fused-ring (bicyclic) bond motifs is 1. The molecule has 0 saturated heterocycles.